The van der Waals surface area contributed by atoms with E-state index in [4.69, 9.17) is 11.6 Å². The highest BCUT2D eigenvalue weighted by atomic mass is 35.5. The van der Waals surface area contributed by atoms with Crippen molar-refractivity contribution in [1.29, 1.82) is 0 Å². The molecule has 2 aromatic rings. The average molecular weight is 291 g/mol. The molecule has 0 atom stereocenters. The maximum atomic E-state index is 12.2. The smallest absolute Gasteiger partial charge is 0.254 e. The Labute approximate surface area is 121 Å². The van der Waals surface area contributed by atoms with Gasteiger partial charge < -0.3 is 4.98 Å². The van der Waals surface area contributed by atoms with Crippen LogP contribution in [0.3, 0.4) is 0 Å². The molecule has 5 nitrogen and oxygen atoms in total. The number of nitrogens with zero attached hydrogens (tertiary/aromatic N) is 3. The number of nitrogens with one attached hydrogen (secondary N) is 1. The summed E-state index contributed by atoms with van der Waals surface area (Å²) in [5, 5.41) is 0. The third-order valence-electron chi connectivity index (χ3n) is 3.46. The lowest BCUT2D eigenvalue weighted by molar-refractivity contribution is 0.264. The Hall–Kier alpha value is -1.72. The predicted octanol–water partition coefficient (Wildman–Crippen LogP) is 1.43. The number of H-pyrrole nitrogens is 1. The van der Waals surface area contributed by atoms with E-state index < -0.39 is 0 Å². The van der Waals surface area contributed by atoms with E-state index in [1.54, 1.807) is 6.20 Å². The molecule has 0 saturated carbocycles. The Balaban J connectivity index is 1.99. The van der Waals surface area contributed by atoms with Crippen LogP contribution in [0.25, 0.3) is 11.5 Å². The zero-order valence-electron chi connectivity index (χ0n) is 11.0. The quantitative estimate of drug-likeness (QED) is 0.869. The van der Waals surface area contributed by atoms with Crippen molar-refractivity contribution in [3.63, 3.8) is 0 Å². The zero-order chi connectivity index (χ0) is 13.9. The van der Waals surface area contributed by atoms with Crippen LogP contribution in [-0.2, 0) is 13.0 Å². The maximum Gasteiger partial charge on any atom is 0.254 e. The molecular weight excluding hydrogens is 276 g/mol. The first-order chi connectivity index (χ1) is 9.78. The Morgan fingerprint density at radius 3 is 3.05 bits per heavy atom. The third-order valence-corrected chi connectivity index (χ3v) is 3.63. The van der Waals surface area contributed by atoms with E-state index in [-0.39, 0.29) is 5.56 Å². The SMILES string of the molecule is O=c1[nH]c(-c2ccccn2)nc2c1CCN(CCCl)C2. The van der Waals surface area contributed by atoms with Gasteiger partial charge in [-0.25, -0.2) is 4.98 Å². The fourth-order valence-electron chi connectivity index (χ4n) is 2.43. The zero-order valence-corrected chi connectivity index (χ0v) is 11.7. The molecule has 0 radical (unpaired) electrons. The minimum Gasteiger partial charge on any atom is -0.305 e. The third kappa shape index (κ3) is 2.59. The van der Waals surface area contributed by atoms with Gasteiger partial charge in [-0.1, -0.05) is 6.07 Å². The second kappa shape index (κ2) is 5.73. The fourth-order valence-corrected chi connectivity index (χ4v) is 2.67. The first-order valence-electron chi connectivity index (χ1n) is 6.59. The Bertz CT molecular complexity index is 656. The Kier molecular flexibility index (Phi) is 3.80. The first kappa shape index (κ1) is 13.3. The number of aromatic amines is 1. The molecule has 104 valence electrons. The van der Waals surface area contributed by atoms with E-state index in [0.717, 1.165) is 30.8 Å². The van der Waals surface area contributed by atoms with Crippen LogP contribution in [0, 0.1) is 0 Å². The van der Waals surface area contributed by atoms with Crippen LogP contribution in [0.15, 0.2) is 29.2 Å². The summed E-state index contributed by atoms with van der Waals surface area (Å²) >= 11 is 5.78. The largest absolute Gasteiger partial charge is 0.305 e. The average Bonchev–Trinajstić information content (AvgIpc) is 2.48. The van der Waals surface area contributed by atoms with Crippen molar-refractivity contribution in [2.45, 2.75) is 13.0 Å². The summed E-state index contributed by atoms with van der Waals surface area (Å²) in [5.41, 5.74) is 2.25. The van der Waals surface area contributed by atoms with Crippen molar-refractivity contribution in [3.8, 4) is 11.5 Å². The molecule has 6 heteroatoms. The summed E-state index contributed by atoms with van der Waals surface area (Å²) in [6, 6.07) is 5.55. The van der Waals surface area contributed by atoms with E-state index in [0.29, 0.717) is 23.9 Å². The summed E-state index contributed by atoms with van der Waals surface area (Å²) in [6.07, 6.45) is 2.41. The van der Waals surface area contributed by atoms with Gasteiger partial charge in [-0.05, 0) is 18.6 Å². The molecule has 2 aromatic heterocycles. The molecule has 0 unspecified atom stereocenters. The van der Waals surface area contributed by atoms with Gasteiger partial charge in [0.15, 0.2) is 5.82 Å². The molecule has 3 heterocycles. The van der Waals surface area contributed by atoms with Gasteiger partial charge >= 0.3 is 0 Å². The molecule has 1 aliphatic heterocycles. The van der Waals surface area contributed by atoms with Crippen molar-refractivity contribution in [2.75, 3.05) is 19.0 Å². The van der Waals surface area contributed by atoms with Gasteiger partial charge in [-0.15, -0.1) is 11.6 Å². The van der Waals surface area contributed by atoms with Gasteiger partial charge in [-0.2, -0.15) is 0 Å². The molecule has 3 rings (SSSR count). The number of alkyl halides is 1. The number of halogens is 1. The summed E-state index contributed by atoms with van der Waals surface area (Å²) in [7, 11) is 0. The van der Waals surface area contributed by atoms with Crippen LogP contribution in [0.5, 0.6) is 0 Å². The second-order valence-corrected chi connectivity index (χ2v) is 5.15. The van der Waals surface area contributed by atoms with Crippen molar-refractivity contribution < 1.29 is 0 Å². The molecule has 0 aliphatic carbocycles. The number of fused-ring (bicyclic) bond motifs is 1. The number of rotatable bonds is 3. The normalized spacial score (nSPS) is 15.1. The monoisotopic (exact) mass is 290 g/mol. The summed E-state index contributed by atoms with van der Waals surface area (Å²) < 4.78 is 0. The maximum absolute atomic E-state index is 12.2. The highest BCUT2D eigenvalue weighted by molar-refractivity contribution is 6.18. The lowest BCUT2D eigenvalue weighted by atomic mass is 10.1. The lowest BCUT2D eigenvalue weighted by Gasteiger charge is -2.26. The van der Waals surface area contributed by atoms with Gasteiger partial charge in [0.05, 0.1) is 5.69 Å². The molecule has 0 saturated heterocycles. The number of pyridine rings is 1. The highest BCUT2D eigenvalue weighted by Gasteiger charge is 2.21. The minimum absolute atomic E-state index is 0.0545. The molecule has 0 bridgehead atoms. The standard InChI is InChI=1S/C14H15ClN4O/c15-5-8-19-7-4-10-12(9-19)17-13(18-14(10)20)11-3-1-2-6-16-11/h1-3,6H,4-5,7-9H2,(H,17,18,20). The molecular formula is C14H15ClN4O. The van der Waals surface area contributed by atoms with Crippen LogP contribution >= 0.6 is 11.6 Å². The van der Waals surface area contributed by atoms with Gasteiger partial charge in [0.25, 0.3) is 5.56 Å². The number of aromatic nitrogens is 3. The lowest BCUT2D eigenvalue weighted by Crippen LogP contribution is -2.36. The van der Waals surface area contributed by atoms with Crippen molar-refractivity contribution in [2.24, 2.45) is 0 Å². The van der Waals surface area contributed by atoms with Crippen molar-refractivity contribution >= 4 is 11.6 Å². The summed E-state index contributed by atoms with van der Waals surface area (Å²) in [4.78, 5) is 26.0. The first-order valence-corrected chi connectivity index (χ1v) is 7.13. The topological polar surface area (TPSA) is 61.9 Å². The van der Waals surface area contributed by atoms with Gasteiger partial charge in [0.1, 0.15) is 5.69 Å². The second-order valence-electron chi connectivity index (χ2n) is 4.77. The van der Waals surface area contributed by atoms with E-state index in [2.05, 4.69) is 19.9 Å². The van der Waals surface area contributed by atoms with Gasteiger partial charge in [-0.3, -0.25) is 14.7 Å². The predicted molar refractivity (Wildman–Crippen MR) is 77.8 cm³/mol. The Morgan fingerprint density at radius 1 is 1.40 bits per heavy atom. The molecule has 20 heavy (non-hydrogen) atoms. The fraction of sp³-hybridized carbons (Fsp3) is 0.357. The minimum atomic E-state index is -0.0545. The van der Waals surface area contributed by atoms with Gasteiger partial charge in [0, 0.05) is 37.3 Å². The summed E-state index contributed by atoms with van der Waals surface area (Å²) in [5.74, 6) is 1.12. The molecule has 0 amide bonds. The van der Waals surface area contributed by atoms with E-state index in [1.165, 1.54) is 0 Å². The molecule has 1 N–H and O–H groups in total. The highest BCUT2D eigenvalue weighted by Crippen LogP contribution is 2.17. The number of hydrogen-bond donors (Lipinski definition) is 1. The van der Waals surface area contributed by atoms with Crippen LogP contribution in [0.1, 0.15) is 11.3 Å². The Morgan fingerprint density at radius 2 is 2.30 bits per heavy atom. The molecule has 0 spiro atoms. The van der Waals surface area contributed by atoms with Crippen molar-refractivity contribution in [3.05, 3.63) is 46.0 Å². The van der Waals surface area contributed by atoms with Crippen LogP contribution in [-0.4, -0.2) is 38.8 Å². The number of hydrogen-bond acceptors (Lipinski definition) is 4. The van der Waals surface area contributed by atoms with Gasteiger partial charge in [0.2, 0.25) is 0 Å². The van der Waals surface area contributed by atoms with Crippen molar-refractivity contribution in [1.82, 2.24) is 19.9 Å². The van der Waals surface area contributed by atoms with Crippen LogP contribution in [0.4, 0.5) is 0 Å². The van der Waals surface area contributed by atoms with E-state index in [1.807, 2.05) is 18.2 Å². The molecule has 0 aromatic carbocycles. The van der Waals surface area contributed by atoms with E-state index >= 15 is 0 Å². The molecule has 0 fully saturated rings. The van der Waals surface area contributed by atoms with Crippen LogP contribution in [0.2, 0.25) is 0 Å². The van der Waals surface area contributed by atoms with E-state index in [9.17, 15) is 4.79 Å². The molecule has 1 aliphatic rings. The van der Waals surface area contributed by atoms with Crippen LogP contribution < -0.4 is 5.56 Å². The summed E-state index contributed by atoms with van der Waals surface area (Å²) in [6.45, 7) is 2.34.